The van der Waals surface area contributed by atoms with Gasteiger partial charge in [-0.1, -0.05) is 317 Å². The summed E-state index contributed by atoms with van der Waals surface area (Å²) in [6, 6.07) is 73.3. The van der Waals surface area contributed by atoms with Gasteiger partial charge in [0.1, 0.15) is 22.3 Å². The van der Waals surface area contributed by atoms with Crippen LogP contribution in [0.3, 0.4) is 0 Å². The van der Waals surface area contributed by atoms with Crippen molar-refractivity contribution in [3.63, 3.8) is 0 Å². The van der Waals surface area contributed by atoms with E-state index in [4.69, 9.17) is 8.83 Å². The smallest absolute Gasteiger partial charge is 0.136 e. The van der Waals surface area contributed by atoms with Crippen molar-refractivity contribution in [2.24, 2.45) is 0 Å². The molecule has 0 saturated carbocycles. The molecule has 6 heteroatoms. The van der Waals surface area contributed by atoms with Gasteiger partial charge in [0, 0.05) is 82.5 Å². The molecule has 552 valence electrons. The number of benzene rings is 16. The summed E-state index contributed by atoms with van der Waals surface area (Å²) in [7, 11) is 0. The third-order valence-corrected chi connectivity index (χ3v) is 23.6. The molecule has 0 radical (unpaired) electrons. The first-order valence-corrected chi connectivity index (χ1v) is 39.1. The van der Waals surface area contributed by atoms with E-state index in [-0.39, 0.29) is 65.8 Å². The second-order valence-corrected chi connectivity index (χ2v) is 33.5. The maximum atomic E-state index is 10.4. The van der Waals surface area contributed by atoms with E-state index in [2.05, 4.69) is 175 Å². The standard InChI is InChI=1S/C109H84N4O2/c1-107(2,3)71-57-70(58-72(60-71)108(4,5)6)69-53-56-91-85(59-69)101-80-55-54-73(110-87-47-27-20-40-76(87)77-41-21-28-48-88(77)110)61-92(80)113(106-84(75-39-19-26-46-86(75)109(7,8)9)65-98-103(82-45-25-32-52-96(82)115-98)100(106)68-37-17-12-18-38-68)94-63-74(111-89-49-29-22-42-78(89)79-43-23-30-50-90(79)111)62-93(104(94)101)112(91)105-83(66-33-13-10-14-34-66)64-97-102(81-44-24-31-51-95(81)114-97)99(105)67-35-15-11-16-36-67/h10-65,101H,1-9H3/i20D,21D,22D,23D,27D,28D,29D,30D,40D,41D,42D,43D,47D,48D,49D,50D. The topological polar surface area (TPSA) is 42.6 Å². The fourth-order valence-corrected chi connectivity index (χ4v) is 18.3. The number of aromatic nitrogens is 2. The predicted octanol–water partition coefficient (Wildman–Crippen LogP) is 30.7. The van der Waals surface area contributed by atoms with Crippen LogP contribution in [0, 0.1) is 0 Å². The van der Waals surface area contributed by atoms with Crippen LogP contribution in [0.15, 0.2) is 348 Å². The van der Waals surface area contributed by atoms with Crippen molar-refractivity contribution in [1.29, 1.82) is 0 Å². The van der Waals surface area contributed by atoms with Crippen LogP contribution in [0.5, 0.6) is 0 Å². The molecule has 0 aliphatic carbocycles. The summed E-state index contributed by atoms with van der Waals surface area (Å²) in [5.74, 6) is -0.906. The van der Waals surface area contributed by atoms with E-state index in [9.17, 15) is 21.9 Å². The molecule has 22 rings (SSSR count). The SMILES string of the molecule is [2H]c1c([2H])c([2H])c2c(c1[2H])c1c([2H])c([2H])c([2H])c([2H])c1n2-c1ccc2c(c1)N(c1c(-c3ccccc3C(C)(C)C)cc3oc4ccccc4c3c1-c1ccccc1)c1cc(-n3c4c([2H])c([2H])c([2H])c([2H])c4c4c([2H])c([2H])c([2H])c([2H])c43)cc3c1C2c1cc(-c2cc(C(C)(C)C)cc(C(C)(C)C)c2)ccc1N3c1c(-c2ccccc2)cc2oc3ccccc3c2c1-c1ccccc1. The van der Waals surface area contributed by atoms with Crippen molar-refractivity contribution in [1.82, 2.24) is 9.13 Å². The molecule has 6 nitrogen and oxygen atoms in total. The Morgan fingerprint density at radius 2 is 0.730 bits per heavy atom. The van der Waals surface area contributed by atoms with Gasteiger partial charge in [0.25, 0.3) is 0 Å². The minimum absolute atomic E-state index is 0.108. The monoisotopic (exact) mass is 1500 g/mol. The van der Waals surface area contributed by atoms with Gasteiger partial charge in [0.15, 0.2) is 0 Å². The van der Waals surface area contributed by atoms with Gasteiger partial charge >= 0.3 is 0 Å². The Balaban J connectivity index is 1.03. The minimum atomic E-state index is -0.906. The van der Waals surface area contributed by atoms with E-state index in [1.165, 1.54) is 0 Å². The van der Waals surface area contributed by atoms with E-state index in [1.54, 1.807) is 9.13 Å². The summed E-state index contributed by atoms with van der Waals surface area (Å²) < 4.78 is 174. The summed E-state index contributed by atoms with van der Waals surface area (Å²) >= 11 is 0. The van der Waals surface area contributed by atoms with E-state index in [0.717, 1.165) is 88.3 Å². The van der Waals surface area contributed by atoms with Crippen molar-refractivity contribution in [3.05, 3.63) is 373 Å². The first-order chi connectivity index (χ1) is 62.6. The third-order valence-electron chi connectivity index (χ3n) is 23.6. The van der Waals surface area contributed by atoms with Gasteiger partial charge in [-0.3, -0.25) is 0 Å². The molecule has 0 fully saturated rings. The molecule has 6 heterocycles. The van der Waals surface area contributed by atoms with E-state index >= 15 is 0 Å². The Hall–Kier alpha value is -13.7. The number of nitrogens with zero attached hydrogens (tertiary/aromatic N) is 4. The Kier molecular flexibility index (Phi) is 11.8. The van der Waals surface area contributed by atoms with Crippen LogP contribution in [-0.2, 0) is 16.2 Å². The molecule has 0 saturated heterocycles. The molecule has 0 spiro atoms. The normalized spacial score (nSPS) is 15.6. The zero-order chi connectivity index (χ0) is 91.4. The van der Waals surface area contributed by atoms with Crippen LogP contribution >= 0.6 is 0 Å². The molecule has 2 aliphatic heterocycles. The van der Waals surface area contributed by atoms with Crippen LogP contribution in [0.4, 0.5) is 34.1 Å². The number of fused-ring (bicyclic) bond motifs is 16. The van der Waals surface area contributed by atoms with Gasteiger partial charge in [-0.25, -0.2) is 0 Å². The molecular weight excluding hydrogens is 1400 g/mol. The summed E-state index contributed by atoms with van der Waals surface area (Å²) in [5.41, 5.74) is 17.6. The van der Waals surface area contributed by atoms with Gasteiger partial charge in [0.2, 0.25) is 0 Å². The van der Waals surface area contributed by atoms with Crippen LogP contribution in [0.1, 0.15) is 124 Å². The maximum absolute atomic E-state index is 10.4. The molecule has 1 atom stereocenters. The maximum Gasteiger partial charge on any atom is 0.136 e. The number of rotatable bonds is 9. The van der Waals surface area contributed by atoms with Crippen LogP contribution in [-0.4, -0.2) is 9.13 Å². The second kappa shape index (κ2) is 25.4. The van der Waals surface area contributed by atoms with Crippen molar-refractivity contribution >= 4 is 122 Å². The molecule has 0 amide bonds. The molecule has 1 unspecified atom stereocenters. The van der Waals surface area contributed by atoms with Crippen molar-refractivity contribution in [2.45, 2.75) is 84.5 Å². The summed E-state index contributed by atoms with van der Waals surface area (Å²) in [6.45, 7) is 19.8. The lowest BCUT2D eigenvalue weighted by molar-refractivity contribution is 0.569. The predicted molar refractivity (Wildman–Crippen MR) is 483 cm³/mol. The molecule has 0 N–H and O–H groups in total. The number of furan rings is 2. The zero-order valence-electron chi connectivity index (χ0n) is 80.8. The average Bonchev–Trinajstić information content (AvgIpc) is 1.62. The minimum Gasteiger partial charge on any atom is -0.456 e. The Bertz CT molecular complexity index is 8260. The van der Waals surface area contributed by atoms with Gasteiger partial charge in [-0.15, -0.1) is 0 Å². The van der Waals surface area contributed by atoms with Crippen LogP contribution < -0.4 is 9.80 Å². The molecular formula is C109H84N4O2. The fraction of sp³-hybridized carbons (Fsp3) is 0.119. The highest BCUT2D eigenvalue weighted by Gasteiger charge is 2.46. The Labute approximate surface area is 692 Å². The van der Waals surface area contributed by atoms with Gasteiger partial charge in [0.05, 0.1) is 83.8 Å². The van der Waals surface area contributed by atoms with E-state index in [0.29, 0.717) is 78.7 Å². The van der Waals surface area contributed by atoms with Crippen molar-refractivity contribution < 1.29 is 30.8 Å². The molecule has 0 bridgehead atoms. The molecule has 2 aliphatic rings. The number of para-hydroxylation sites is 6. The number of hydrogen-bond donors (Lipinski definition) is 0. The largest absolute Gasteiger partial charge is 0.456 e. The first-order valence-electron chi connectivity index (χ1n) is 47.1. The molecule has 4 aromatic heterocycles. The lowest BCUT2D eigenvalue weighted by Crippen LogP contribution is -2.30. The second-order valence-electron chi connectivity index (χ2n) is 33.5. The van der Waals surface area contributed by atoms with Crippen LogP contribution in [0.2, 0.25) is 0 Å². The number of anilines is 6. The highest BCUT2D eigenvalue weighted by molar-refractivity contribution is 6.23. The summed E-state index contributed by atoms with van der Waals surface area (Å²) in [5, 5.41) is 2.58. The zero-order valence-corrected chi connectivity index (χ0v) is 64.8. The van der Waals surface area contributed by atoms with E-state index in [1.807, 2.05) is 140 Å². The van der Waals surface area contributed by atoms with Gasteiger partial charge in [-0.2, -0.15) is 0 Å². The van der Waals surface area contributed by atoms with Crippen molar-refractivity contribution in [2.75, 3.05) is 9.80 Å². The fourth-order valence-electron chi connectivity index (χ4n) is 18.3. The van der Waals surface area contributed by atoms with E-state index < -0.39 is 108 Å². The molecule has 20 aromatic rings. The third kappa shape index (κ3) is 10.5. The van der Waals surface area contributed by atoms with Crippen molar-refractivity contribution in [3.8, 4) is 67.0 Å². The first kappa shape index (κ1) is 53.3. The Morgan fingerprint density at radius 1 is 0.296 bits per heavy atom. The lowest BCUT2D eigenvalue weighted by atomic mass is 9.73. The Morgan fingerprint density at radius 3 is 1.24 bits per heavy atom. The number of hydrogen-bond acceptors (Lipinski definition) is 4. The average molecular weight is 1500 g/mol. The highest BCUT2D eigenvalue weighted by Crippen LogP contribution is 2.66. The van der Waals surface area contributed by atoms with Gasteiger partial charge in [-0.05, 0) is 162 Å². The summed E-state index contributed by atoms with van der Waals surface area (Å²) in [6.07, 6.45) is 0. The molecule has 16 aromatic carbocycles. The lowest BCUT2D eigenvalue weighted by Gasteiger charge is -2.47. The summed E-state index contributed by atoms with van der Waals surface area (Å²) in [4.78, 5) is 4.55. The quantitative estimate of drug-likeness (QED) is 0.144. The highest BCUT2D eigenvalue weighted by atomic mass is 16.3. The molecule has 115 heavy (non-hydrogen) atoms. The van der Waals surface area contributed by atoms with Crippen LogP contribution in [0.25, 0.3) is 154 Å². The van der Waals surface area contributed by atoms with Gasteiger partial charge < -0.3 is 27.8 Å².